The third-order valence-corrected chi connectivity index (χ3v) is 4.46. The number of aryl methyl sites for hydroxylation is 1. The predicted molar refractivity (Wildman–Crippen MR) is 87.6 cm³/mol. The summed E-state index contributed by atoms with van der Waals surface area (Å²) in [6, 6.07) is 12.9. The molecule has 0 amide bonds. The van der Waals surface area contributed by atoms with Gasteiger partial charge in [-0.3, -0.25) is 4.98 Å². The first kappa shape index (κ1) is 13.2. The number of hydrogen-bond donors (Lipinski definition) is 1. The van der Waals surface area contributed by atoms with Crippen LogP contribution in [0.15, 0.2) is 48.8 Å². The number of pyridine rings is 1. The lowest BCUT2D eigenvalue weighted by atomic mass is 9.81. The molecule has 4 nitrogen and oxygen atoms in total. The molecule has 0 bridgehead atoms. The third kappa shape index (κ3) is 2.30. The Morgan fingerprint density at radius 3 is 2.86 bits per heavy atom. The fourth-order valence-corrected chi connectivity index (χ4v) is 3.24. The zero-order valence-electron chi connectivity index (χ0n) is 12.5. The van der Waals surface area contributed by atoms with Gasteiger partial charge in [-0.2, -0.15) is 0 Å². The summed E-state index contributed by atoms with van der Waals surface area (Å²) in [5, 5.41) is 3.60. The van der Waals surface area contributed by atoms with Crippen molar-refractivity contribution in [3.05, 3.63) is 59.9 Å². The lowest BCUT2D eigenvalue weighted by molar-refractivity contribution is 0.433. The smallest absolute Gasteiger partial charge is 0.180 e. The molecule has 0 spiro atoms. The Labute approximate surface area is 129 Å². The van der Waals surface area contributed by atoms with Crippen LogP contribution in [0.1, 0.15) is 30.5 Å². The zero-order chi connectivity index (χ0) is 14.9. The average molecular weight is 290 g/mol. The van der Waals surface area contributed by atoms with Crippen molar-refractivity contribution in [1.82, 2.24) is 15.0 Å². The Bertz CT molecular complexity index is 815. The molecule has 4 rings (SSSR count). The maximum Gasteiger partial charge on any atom is 0.180 e. The number of rotatable bonds is 2. The van der Waals surface area contributed by atoms with Gasteiger partial charge in [0.1, 0.15) is 11.3 Å². The van der Waals surface area contributed by atoms with Crippen molar-refractivity contribution in [2.24, 2.45) is 5.92 Å². The fraction of sp³-hybridized carbons (Fsp3) is 0.278. The Morgan fingerprint density at radius 1 is 1.05 bits per heavy atom. The van der Waals surface area contributed by atoms with Gasteiger partial charge in [0.25, 0.3) is 0 Å². The molecule has 1 aromatic carbocycles. The second kappa shape index (κ2) is 5.37. The molecule has 0 fully saturated rings. The van der Waals surface area contributed by atoms with Gasteiger partial charge in [0.15, 0.2) is 5.65 Å². The molecule has 1 N–H and O–H groups in total. The van der Waals surface area contributed by atoms with Crippen molar-refractivity contribution in [3.8, 4) is 0 Å². The van der Waals surface area contributed by atoms with E-state index < -0.39 is 0 Å². The minimum absolute atomic E-state index is 0.298. The molecule has 0 aliphatic heterocycles. The Morgan fingerprint density at radius 2 is 1.91 bits per heavy atom. The van der Waals surface area contributed by atoms with E-state index in [1.165, 1.54) is 17.5 Å². The van der Waals surface area contributed by atoms with Gasteiger partial charge < -0.3 is 5.32 Å². The molecule has 2 atom stereocenters. The van der Waals surface area contributed by atoms with Crippen LogP contribution in [0.5, 0.6) is 0 Å². The van der Waals surface area contributed by atoms with Crippen molar-refractivity contribution >= 4 is 17.0 Å². The molecule has 0 saturated carbocycles. The lowest BCUT2D eigenvalue weighted by Gasteiger charge is -2.32. The van der Waals surface area contributed by atoms with E-state index in [1.54, 1.807) is 12.4 Å². The largest absolute Gasteiger partial charge is 0.363 e. The first-order valence-corrected chi connectivity index (χ1v) is 7.73. The van der Waals surface area contributed by atoms with E-state index in [0.29, 0.717) is 17.6 Å². The average Bonchev–Trinajstić information content (AvgIpc) is 2.57. The second-order valence-electron chi connectivity index (χ2n) is 5.93. The zero-order valence-corrected chi connectivity index (χ0v) is 12.5. The highest BCUT2D eigenvalue weighted by Crippen LogP contribution is 2.36. The summed E-state index contributed by atoms with van der Waals surface area (Å²) in [6.45, 7) is 2.30. The van der Waals surface area contributed by atoms with Crippen molar-refractivity contribution < 1.29 is 0 Å². The van der Waals surface area contributed by atoms with Gasteiger partial charge in [-0.1, -0.05) is 31.2 Å². The van der Waals surface area contributed by atoms with E-state index in [9.17, 15) is 0 Å². The highest BCUT2D eigenvalue weighted by Gasteiger charge is 2.26. The van der Waals surface area contributed by atoms with Crippen LogP contribution in [0.4, 0.5) is 5.82 Å². The molecule has 4 heteroatoms. The highest BCUT2D eigenvalue weighted by atomic mass is 15.0. The number of hydrogen-bond acceptors (Lipinski definition) is 4. The predicted octanol–water partition coefficient (Wildman–Crippen LogP) is 3.76. The van der Waals surface area contributed by atoms with Crippen LogP contribution >= 0.6 is 0 Å². The Hall–Kier alpha value is -2.49. The Balaban J connectivity index is 1.69. The highest BCUT2D eigenvalue weighted by molar-refractivity contribution is 5.71. The molecular weight excluding hydrogens is 272 g/mol. The number of fused-ring (bicyclic) bond motifs is 2. The van der Waals surface area contributed by atoms with Gasteiger partial charge in [-0.15, -0.1) is 0 Å². The van der Waals surface area contributed by atoms with Crippen molar-refractivity contribution in [2.45, 2.75) is 25.8 Å². The molecule has 1 aliphatic carbocycles. The number of anilines is 1. The summed E-state index contributed by atoms with van der Waals surface area (Å²) in [7, 11) is 0. The molecule has 1 aliphatic rings. The molecule has 110 valence electrons. The van der Waals surface area contributed by atoms with E-state index >= 15 is 0 Å². The van der Waals surface area contributed by atoms with Crippen LogP contribution in [-0.4, -0.2) is 15.0 Å². The summed E-state index contributed by atoms with van der Waals surface area (Å²) in [4.78, 5) is 13.1. The normalized spacial score (nSPS) is 20.6. The minimum atomic E-state index is 0.298. The van der Waals surface area contributed by atoms with Crippen molar-refractivity contribution in [1.29, 1.82) is 0 Å². The molecular formula is C18H18N4. The quantitative estimate of drug-likeness (QED) is 0.780. The van der Waals surface area contributed by atoms with E-state index in [-0.39, 0.29) is 0 Å². The SMILES string of the molecule is C[C@@H]1CCc2ccccc2[C@H]1Nc1ccc2nccnc2n1. The molecule has 3 aromatic rings. The molecule has 0 saturated heterocycles. The molecule has 0 radical (unpaired) electrons. The summed E-state index contributed by atoms with van der Waals surface area (Å²) < 4.78 is 0. The van der Waals surface area contributed by atoms with Gasteiger partial charge in [0.2, 0.25) is 0 Å². The standard InChI is InChI=1S/C18H18N4/c1-12-6-7-13-4-2-3-5-14(13)17(12)21-16-9-8-15-18(22-16)20-11-10-19-15/h2-5,8-12,17H,6-7H2,1H3,(H,20,21,22)/t12-,17+/m1/s1. The van der Waals surface area contributed by atoms with Gasteiger partial charge in [-0.05, 0) is 42.0 Å². The van der Waals surface area contributed by atoms with Crippen LogP contribution in [0.2, 0.25) is 0 Å². The number of aromatic nitrogens is 3. The number of nitrogens with zero attached hydrogens (tertiary/aromatic N) is 3. The molecule has 2 heterocycles. The van der Waals surface area contributed by atoms with Crippen molar-refractivity contribution in [3.63, 3.8) is 0 Å². The fourth-order valence-electron chi connectivity index (χ4n) is 3.24. The first-order valence-electron chi connectivity index (χ1n) is 7.73. The van der Waals surface area contributed by atoms with E-state index in [2.05, 4.69) is 51.5 Å². The van der Waals surface area contributed by atoms with Gasteiger partial charge >= 0.3 is 0 Å². The van der Waals surface area contributed by atoms with E-state index in [4.69, 9.17) is 0 Å². The van der Waals surface area contributed by atoms with Crippen LogP contribution in [0.3, 0.4) is 0 Å². The minimum Gasteiger partial charge on any atom is -0.363 e. The summed E-state index contributed by atoms with van der Waals surface area (Å²) >= 11 is 0. The van der Waals surface area contributed by atoms with Gasteiger partial charge in [0, 0.05) is 12.4 Å². The summed E-state index contributed by atoms with van der Waals surface area (Å²) in [5.74, 6) is 1.44. The maximum absolute atomic E-state index is 4.59. The number of nitrogens with one attached hydrogen (secondary N) is 1. The topological polar surface area (TPSA) is 50.7 Å². The van der Waals surface area contributed by atoms with E-state index in [0.717, 1.165) is 17.8 Å². The van der Waals surface area contributed by atoms with E-state index in [1.807, 2.05) is 12.1 Å². The molecule has 2 aromatic heterocycles. The molecule has 0 unspecified atom stereocenters. The van der Waals surface area contributed by atoms with Gasteiger partial charge in [-0.25, -0.2) is 9.97 Å². The van der Waals surface area contributed by atoms with Gasteiger partial charge in [0.05, 0.1) is 6.04 Å². The lowest BCUT2D eigenvalue weighted by Crippen LogP contribution is -2.25. The number of benzene rings is 1. The second-order valence-corrected chi connectivity index (χ2v) is 5.93. The van der Waals surface area contributed by atoms with Crippen LogP contribution in [0.25, 0.3) is 11.2 Å². The maximum atomic E-state index is 4.59. The Kier molecular flexibility index (Phi) is 3.22. The molecule has 22 heavy (non-hydrogen) atoms. The van der Waals surface area contributed by atoms with Crippen LogP contribution < -0.4 is 5.32 Å². The monoisotopic (exact) mass is 290 g/mol. The first-order chi connectivity index (χ1) is 10.8. The summed E-state index contributed by atoms with van der Waals surface area (Å²) in [5.41, 5.74) is 4.34. The summed E-state index contributed by atoms with van der Waals surface area (Å²) in [6.07, 6.45) is 5.72. The third-order valence-electron chi connectivity index (χ3n) is 4.46. The van der Waals surface area contributed by atoms with Crippen LogP contribution in [-0.2, 0) is 6.42 Å². The van der Waals surface area contributed by atoms with Crippen molar-refractivity contribution in [2.75, 3.05) is 5.32 Å². The van der Waals surface area contributed by atoms with Crippen LogP contribution in [0, 0.1) is 5.92 Å².